The Morgan fingerprint density at radius 2 is 2.12 bits per heavy atom. The van der Waals surface area contributed by atoms with Gasteiger partial charge >= 0.3 is 0 Å². The van der Waals surface area contributed by atoms with Gasteiger partial charge in [0, 0.05) is 11.6 Å². The van der Waals surface area contributed by atoms with Crippen molar-refractivity contribution in [2.75, 3.05) is 0 Å². The van der Waals surface area contributed by atoms with E-state index in [9.17, 15) is 5.11 Å². The van der Waals surface area contributed by atoms with Crippen LogP contribution in [0.2, 0.25) is 0 Å². The molecule has 1 aromatic carbocycles. The molecule has 0 fully saturated rings. The number of aromatic nitrogens is 1. The zero-order valence-electron chi connectivity index (χ0n) is 9.35. The normalized spacial score (nSPS) is 12.6. The number of pyridine rings is 1. The Morgan fingerprint density at radius 3 is 2.88 bits per heavy atom. The van der Waals surface area contributed by atoms with E-state index in [1.165, 1.54) is 0 Å². The molecule has 1 unspecified atom stereocenters. The maximum Gasteiger partial charge on any atom is 0.0834 e. The number of hydrogen-bond acceptors (Lipinski definition) is 2. The van der Waals surface area contributed by atoms with Crippen LogP contribution in [0.4, 0.5) is 0 Å². The molecular weight excluding hydrogens is 198 g/mol. The van der Waals surface area contributed by atoms with Gasteiger partial charge in [-0.2, -0.15) is 0 Å². The molecule has 2 rings (SSSR count). The largest absolute Gasteiger partial charge is 0.388 e. The molecule has 2 heteroatoms. The number of nitrogens with zero attached hydrogens (tertiary/aromatic N) is 1. The zero-order chi connectivity index (χ0) is 11.5. The highest BCUT2D eigenvalue weighted by Crippen LogP contribution is 2.26. The fourth-order valence-electron chi connectivity index (χ4n) is 1.85. The van der Waals surface area contributed by atoms with Crippen molar-refractivity contribution in [1.29, 1.82) is 0 Å². The summed E-state index contributed by atoms with van der Waals surface area (Å²) in [5.74, 6) is 0. The van der Waals surface area contributed by atoms with E-state index < -0.39 is 6.10 Å². The molecule has 0 amide bonds. The molecule has 0 spiro atoms. The van der Waals surface area contributed by atoms with E-state index in [-0.39, 0.29) is 0 Å². The van der Waals surface area contributed by atoms with Crippen molar-refractivity contribution in [3.8, 4) is 0 Å². The van der Waals surface area contributed by atoms with Gasteiger partial charge in [0.2, 0.25) is 0 Å². The highest BCUT2D eigenvalue weighted by atomic mass is 16.3. The highest BCUT2D eigenvalue weighted by molar-refractivity contribution is 5.82. The number of aliphatic hydroxyl groups excluding tert-OH is 1. The number of hydrogen-bond donors (Lipinski definition) is 1. The molecule has 0 bridgehead atoms. The summed E-state index contributed by atoms with van der Waals surface area (Å²) >= 11 is 0. The highest BCUT2D eigenvalue weighted by Gasteiger charge is 2.11. The maximum absolute atomic E-state index is 10.1. The number of aliphatic hydroxyl groups is 1. The van der Waals surface area contributed by atoms with E-state index in [1.807, 2.05) is 37.3 Å². The number of rotatable bonds is 3. The monoisotopic (exact) mass is 213 g/mol. The molecule has 0 aliphatic rings. The van der Waals surface area contributed by atoms with Crippen molar-refractivity contribution in [3.63, 3.8) is 0 Å². The Morgan fingerprint density at radius 1 is 1.38 bits per heavy atom. The average Bonchev–Trinajstić information content (AvgIpc) is 2.27. The Bertz CT molecular complexity index is 514. The smallest absolute Gasteiger partial charge is 0.0834 e. The SMILES string of the molecule is C=C(C)CC(O)c1ccnc2ccccc12. The summed E-state index contributed by atoms with van der Waals surface area (Å²) < 4.78 is 0. The Kier molecular flexibility index (Phi) is 3.02. The standard InChI is InChI=1S/C14H15NO/c1-10(2)9-14(16)12-7-8-15-13-6-4-3-5-11(12)13/h3-8,14,16H,1,9H2,2H3. The van der Waals surface area contributed by atoms with Gasteiger partial charge in [-0.3, -0.25) is 4.98 Å². The average molecular weight is 213 g/mol. The molecule has 0 saturated carbocycles. The first kappa shape index (κ1) is 10.8. The molecule has 1 aromatic heterocycles. The quantitative estimate of drug-likeness (QED) is 0.794. The lowest BCUT2D eigenvalue weighted by Crippen LogP contribution is -1.99. The van der Waals surface area contributed by atoms with Crippen LogP contribution in [0.25, 0.3) is 10.9 Å². The maximum atomic E-state index is 10.1. The minimum absolute atomic E-state index is 0.495. The first-order chi connectivity index (χ1) is 7.68. The molecule has 1 N–H and O–H groups in total. The van der Waals surface area contributed by atoms with Crippen LogP contribution in [0.15, 0.2) is 48.7 Å². The second-order valence-electron chi connectivity index (χ2n) is 4.09. The first-order valence-electron chi connectivity index (χ1n) is 5.34. The zero-order valence-corrected chi connectivity index (χ0v) is 9.35. The summed E-state index contributed by atoms with van der Waals surface area (Å²) in [6, 6.07) is 9.72. The minimum atomic E-state index is -0.495. The van der Waals surface area contributed by atoms with Gasteiger partial charge in [-0.1, -0.05) is 23.8 Å². The van der Waals surface area contributed by atoms with Crippen LogP contribution in [0.1, 0.15) is 25.0 Å². The lowest BCUT2D eigenvalue weighted by molar-refractivity contribution is 0.180. The number of para-hydroxylation sites is 1. The molecule has 2 aromatic rings. The van der Waals surface area contributed by atoms with Gasteiger partial charge < -0.3 is 5.11 Å². The summed E-state index contributed by atoms with van der Waals surface area (Å²) in [5, 5.41) is 11.1. The molecule has 82 valence electrons. The van der Waals surface area contributed by atoms with Crippen LogP contribution >= 0.6 is 0 Å². The lowest BCUT2D eigenvalue weighted by atomic mass is 10.00. The van der Waals surface area contributed by atoms with Gasteiger partial charge in [0.15, 0.2) is 0 Å². The summed E-state index contributed by atoms with van der Waals surface area (Å²) in [6.07, 6.45) is 1.83. The third-order valence-electron chi connectivity index (χ3n) is 2.58. The molecular formula is C14H15NO. The van der Waals surface area contributed by atoms with Gasteiger partial charge in [-0.25, -0.2) is 0 Å². The van der Waals surface area contributed by atoms with Crippen LogP contribution in [0.3, 0.4) is 0 Å². The molecule has 1 atom stereocenters. The van der Waals surface area contributed by atoms with Gasteiger partial charge in [0.05, 0.1) is 11.6 Å². The van der Waals surface area contributed by atoms with Gasteiger partial charge in [0.1, 0.15) is 0 Å². The molecule has 0 saturated heterocycles. The van der Waals surface area contributed by atoms with E-state index in [0.717, 1.165) is 22.0 Å². The number of benzene rings is 1. The van der Waals surface area contributed by atoms with Crippen molar-refractivity contribution >= 4 is 10.9 Å². The third-order valence-corrected chi connectivity index (χ3v) is 2.58. The predicted octanol–water partition coefficient (Wildman–Crippen LogP) is 3.23. The van der Waals surface area contributed by atoms with Crippen molar-refractivity contribution in [3.05, 3.63) is 54.2 Å². The summed E-state index contributed by atoms with van der Waals surface area (Å²) in [7, 11) is 0. The minimum Gasteiger partial charge on any atom is -0.388 e. The fraction of sp³-hybridized carbons (Fsp3) is 0.214. The second-order valence-corrected chi connectivity index (χ2v) is 4.09. The topological polar surface area (TPSA) is 33.1 Å². The fourth-order valence-corrected chi connectivity index (χ4v) is 1.85. The molecule has 0 aliphatic heterocycles. The number of fused-ring (bicyclic) bond motifs is 1. The van der Waals surface area contributed by atoms with Crippen molar-refractivity contribution in [1.82, 2.24) is 4.98 Å². The first-order valence-corrected chi connectivity index (χ1v) is 5.34. The van der Waals surface area contributed by atoms with Crippen LogP contribution in [-0.4, -0.2) is 10.1 Å². The third kappa shape index (κ3) is 2.12. The van der Waals surface area contributed by atoms with Crippen molar-refractivity contribution < 1.29 is 5.11 Å². The van der Waals surface area contributed by atoms with E-state index >= 15 is 0 Å². The van der Waals surface area contributed by atoms with Crippen LogP contribution < -0.4 is 0 Å². The lowest BCUT2D eigenvalue weighted by Gasteiger charge is -2.13. The van der Waals surface area contributed by atoms with Gasteiger partial charge in [-0.15, -0.1) is 6.58 Å². The molecule has 1 heterocycles. The van der Waals surface area contributed by atoms with Crippen molar-refractivity contribution in [2.45, 2.75) is 19.4 Å². The van der Waals surface area contributed by atoms with Crippen LogP contribution in [0, 0.1) is 0 Å². The van der Waals surface area contributed by atoms with E-state index in [4.69, 9.17) is 0 Å². The Balaban J connectivity index is 2.47. The predicted molar refractivity (Wildman–Crippen MR) is 66.1 cm³/mol. The van der Waals surface area contributed by atoms with E-state index in [1.54, 1.807) is 6.20 Å². The molecule has 0 radical (unpaired) electrons. The second kappa shape index (κ2) is 4.45. The summed E-state index contributed by atoms with van der Waals surface area (Å²) in [5.41, 5.74) is 2.82. The molecule has 0 aliphatic carbocycles. The van der Waals surface area contributed by atoms with Crippen molar-refractivity contribution in [2.24, 2.45) is 0 Å². The molecule has 2 nitrogen and oxygen atoms in total. The summed E-state index contributed by atoms with van der Waals surface area (Å²) in [6.45, 7) is 5.75. The molecule has 16 heavy (non-hydrogen) atoms. The Hall–Kier alpha value is -1.67. The van der Waals surface area contributed by atoms with E-state index in [0.29, 0.717) is 6.42 Å². The van der Waals surface area contributed by atoms with Gasteiger partial charge in [-0.05, 0) is 31.0 Å². The Labute approximate surface area is 95.3 Å². The van der Waals surface area contributed by atoms with E-state index in [2.05, 4.69) is 11.6 Å². The van der Waals surface area contributed by atoms with Crippen LogP contribution in [0.5, 0.6) is 0 Å². The van der Waals surface area contributed by atoms with Gasteiger partial charge in [0.25, 0.3) is 0 Å². The summed E-state index contributed by atoms with van der Waals surface area (Å²) in [4.78, 5) is 4.27. The van der Waals surface area contributed by atoms with Crippen LogP contribution in [-0.2, 0) is 0 Å².